The van der Waals surface area contributed by atoms with Gasteiger partial charge in [0.15, 0.2) is 0 Å². The molecule has 1 N–H and O–H groups in total. The molecule has 0 amide bonds. The Bertz CT molecular complexity index is 1950. The predicted octanol–water partition coefficient (Wildman–Crippen LogP) is 7.62. The Labute approximate surface area is 171 Å². The highest BCUT2D eigenvalue weighted by molar-refractivity contribution is 6.33. The van der Waals surface area contributed by atoms with Gasteiger partial charge < -0.3 is 9.38 Å². The second-order valence-corrected chi connectivity index (χ2v) is 8.28. The van der Waals surface area contributed by atoms with Gasteiger partial charge in [0.2, 0.25) is 0 Å². The number of hydrogen-bond donors (Lipinski definition) is 1. The van der Waals surface area contributed by atoms with Gasteiger partial charge in [0.05, 0.1) is 22.1 Å². The van der Waals surface area contributed by atoms with Crippen molar-refractivity contribution in [1.82, 2.24) is 9.38 Å². The number of aromatic amines is 1. The van der Waals surface area contributed by atoms with Crippen LogP contribution in [-0.2, 0) is 0 Å². The second-order valence-electron chi connectivity index (χ2n) is 8.28. The van der Waals surface area contributed by atoms with Crippen LogP contribution < -0.4 is 0 Å². The molecule has 8 aromatic rings. The molecule has 5 aromatic carbocycles. The Morgan fingerprint density at radius 3 is 2.23 bits per heavy atom. The minimum absolute atomic E-state index is 1.21. The van der Waals surface area contributed by atoms with Crippen LogP contribution >= 0.6 is 0 Å². The zero-order valence-corrected chi connectivity index (χ0v) is 16.1. The first kappa shape index (κ1) is 14.9. The van der Waals surface area contributed by atoms with Gasteiger partial charge in [-0.1, -0.05) is 78.9 Å². The number of fused-ring (bicyclic) bond motifs is 8. The first-order valence-electron chi connectivity index (χ1n) is 10.4. The lowest BCUT2D eigenvalue weighted by Crippen LogP contribution is -1.85. The maximum atomic E-state index is 3.77. The molecule has 2 heteroatoms. The Hall–Kier alpha value is -4.04. The molecule has 30 heavy (non-hydrogen) atoms. The van der Waals surface area contributed by atoms with Crippen LogP contribution in [0.15, 0.2) is 91.0 Å². The van der Waals surface area contributed by atoms with Gasteiger partial charge in [0, 0.05) is 32.4 Å². The number of benzene rings is 5. The maximum Gasteiger partial charge on any atom is 0.0804 e. The molecule has 0 atom stereocenters. The Morgan fingerprint density at radius 1 is 0.500 bits per heavy atom. The number of rotatable bonds is 0. The summed E-state index contributed by atoms with van der Waals surface area (Å²) in [6, 6.07) is 33.2. The van der Waals surface area contributed by atoms with Crippen molar-refractivity contribution < 1.29 is 0 Å². The molecule has 3 heterocycles. The van der Waals surface area contributed by atoms with Crippen molar-refractivity contribution in [3.8, 4) is 0 Å². The zero-order valence-electron chi connectivity index (χ0n) is 16.1. The van der Waals surface area contributed by atoms with E-state index in [1.54, 1.807) is 0 Å². The molecule has 0 fully saturated rings. The van der Waals surface area contributed by atoms with Gasteiger partial charge in [-0.05, 0) is 28.3 Å². The minimum Gasteiger partial charge on any atom is -0.353 e. The van der Waals surface area contributed by atoms with Crippen molar-refractivity contribution in [1.29, 1.82) is 0 Å². The third-order valence-corrected chi connectivity index (χ3v) is 6.83. The lowest BCUT2D eigenvalue weighted by molar-refractivity contribution is 1.37. The average molecular weight is 380 g/mol. The monoisotopic (exact) mass is 380 g/mol. The SMILES string of the molecule is c1ccc2c(c1)ccc1c3[nH]c4ccc5cccc6c7ccccc7n(c21)c3c4c56. The molecule has 3 aromatic heterocycles. The Balaban J connectivity index is 1.91. The summed E-state index contributed by atoms with van der Waals surface area (Å²) in [6.07, 6.45) is 0. The van der Waals surface area contributed by atoms with E-state index in [1.165, 1.54) is 70.7 Å². The van der Waals surface area contributed by atoms with Crippen molar-refractivity contribution in [3.63, 3.8) is 0 Å². The number of hydrogen-bond acceptors (Lipinski definition) is 0. The van der Waals surface area contributed by atoms with E-state index >= 15 is 0 Å². The molecule has 0 saturated heterocycles. The standard InChI is InChI=1S/C28H16N2/c1-2-8-18-16(6-1)12-14-21-26-28-25-22(29-26)15-13-17-7-5-10-20(24(17)25)19-9-3-4-11-23(19)30(28)27(18)21/h1-15,29H. The number of nitrogens with zero attached hydrogens (tertiary/aromatic N) is 1. The zero-order chi connectivity index (χ0) is 19.4. The summed E-state index contributed by atoms with van der Waals surface area (Å²) in [7, 11) is 0. The molecule has 0 bridgehead atoms. The predicted molar refractivity (Wildman–Crippen MR) is 128 cm³/mol. The summed E-state index contributed by atoms with van der Waals surface area (Å²) < 4.78 is 2.50. The average Bonchev–Trinajstić information content (AvgIpc) is 3.29. The second kappa shape index (κ2) is 4.92. The molecule has 138 valence electrons. The van der Waals surface area contributed by atoms with E-state index in [4.69, 9.17) is 0 Å². The van der Waals surface area contributed by atoms with E-state index in [0.717, 1.165) is 0 Å². The fourth-order valence-electron chi connectivity index (χ4n) is 5.64. The third-order valence-electron chi connectivity index (χ3n) is 6.83. The van der Waals surface area contributed by atoms with E-state index in [1.807, 2.05) is 0 Å². The van der Waals surface area contributed by atoms with Crippen LogP contribution in [0.3, 0.4) is 0 Å². The van der Waals surface area contributed by atoms with E-state index in [9.17, 15) is 0 Å². The highest BCUT2D eigenvalue weighted by Crippen LogP contribution is 2.44. The van der Waals surface area contributed by atoms with Crippen LogP contribution in [0.1, 0.15) is 0 Å². The van der Waals surface area contributed by atoms with Crippen molar-refractivity contribution >= 4 is 70.7 Å². The van der Waals surface area contributed by atoms with Gasteiger partial charge in [0.25, 0.3) is 0 Å². The topological polar surface area (TPSA) is 20.2 Å². The van der Waals surface area contributed by atoms with E-state index in [0.29, 0.717) is 0 Å². The van der Waals surface area contributed by atoms with Crippen molar-refractivity contribution in [2.45, 2.75) is 0 Å². The van der Waals surface area contributed by atoms with Gasteiger partial charge in [-0.15, -0.1) is 0 Å². The molecule has 0 aliphatic heterocycles. The van der Waals surface area contributed by atoms with Gasteiger partial charge in [-0.2, -0.15) is 0 Å². The fraction of sp³-hybridized carbons (Fsp3) is 0. The number of para-hydroxylation sites is 1. The van der Waals surface area contributed by atoms with E-state index in [-0.39, 0.29) is 0 Å². The summed E-state index contributed by atoms with van der Waals surface area (Å²) in [5.41, 5.74) is 6.26. The normalized spacial score (nSPS) is 12.7. The quantitative estimate of drug-likeness (QED) is 0.279. The molecule has 2 nitrogen and oxygen atoms in total. The maximum absolute atomic E-state index is 3.77. The molecule has 0 radical (unpaired) electrons. The van der Waals surface area contributed by atoms with Crippen LogP contribution in [0.5, 0.6) is 0 Å². The Morgan fingerprint density at radius 2 is 1.27 bits per heavy atom. The first-order valence-corrected chi connectivity index (χ1v) is 10.4. The highest BCUT2D eigenvalue weighted by atomic mass is 14.9. The van der Waals surface area contributed by atoms with Gasteiger partial charge >= 0.3 is 0 Å². The summed E-state index contributed by atoms with van der Waals surface area (Å²) in [5, 5.41) is 10.4. The van der Waals surface area contributed by atoms with Crippen LogP contribution in [0, 0.1) is 0 Å². The van der Waals surface area contributed by atoms with Gasteiger partial charge in [0.1, 0.15) is 0 Å². The minimum atomic E-state index is 1.21. The van der Waals surface area contributed by atoms with Crippen molar-refractivity contribution in [3.05, 3.63) is 91.0 Å². The molecule has 0 aliphatic carbocycles. The van der Waals surface area contributed by atoms with E-state index in [2.05, 4.69) is 100 Å². The van der Waals surface area contributed by atoms with E-state index < -0.39 is 0 Å². The van der Waals surface area contributed by atoms with Crippen molar-refractivity contribution in [2.75, 3.05) is 0 Å². The Kier molecular flexibility index (Phi) is 2.44. The summed E-state index contributed by atoms with van der Waals surface area (Å²) in [4.78, 5) is 3.77. The highest BCUT2D eigenvalue weighted by Gasteiger charge is 2.21. The van der Waals surface area contributed by atoms with Crippen LogP contribution in [-0.4, -0.2) is 9.38 Å². The summed E-state index contributed by atoms with van der Waals surface area (Å²) >= 11 is 0. The number of aromatic nitrogens is 2. The lowest BCUT2D eigenvalue weighted by atomic mass is 10.0. The van der Waals surface area contributed by atoms with Gasteiger partial charge in [-0.25, -0.2) is 0 Å². The molecule has 0 saturated carbocycles. The first-order chi connectivity index (χ1) is 14.9. The third kappa shape index (κ3) is 1.56. The number of nitrogens with one attached hydrogen (secondary N) is 1. The lowest BCUT2D eigenvalue weighted by Gasteiger charge is -2.04. The summed E-state index contributed by atoms with van der Waals surface area (Å²) in [6.45, 7) is 0. The molecule has 0 unspecified atom stereocenters. The molecule has 0 spiro atoms. The van der Waals surface area contributed by atoms with Gasteiger partial charge in [-0.3, -0.25) is 0 Å². The largest absolute Gasteiger partial charge is 0.353 e. The fourth-order valence-corrected chi connectivity index (χ4v) is 5.64. The van der Waals surface area contributed by atoms with Crippen molar-refractivity contribution in [2.24, 2.45) is 0 Å². The molecular formula is C28H16N2. The number of H-pyrrole nitrogens is 1. The smallest absolute Gasteiger partial charge is 0.0804 e. The molecule has 8 rings (SSSR count). The molecule has 0 aliphatic rings. The molecular weight excluding hydrogens is 364 g/mol. The summed E-state index contributed by atoms with van der Waals surface area (Å²) in [5.74, 6) is 0. The van der Waals surface area contributed by atoms with Crippen LogP contribution in [0.2, 0.25) is 0 Å². The van der Waals surface area contributed by atoms with Crippen LogP contribution in [0.4, 0.5) is 0 Å². The van der Waals surface area contributed by atoms with Crippen LogP contribution in [0.25, 0.3) is 70.7 Å².